The lowest BCUT2D eigenvalue weighted by Crippen LogP contribution is -2.29. The smallest absolute Gasteiger partial charge is 0.327 e. The van der Waals surface area contributed by atoms with Crippen molar-refractivity contribution in [2.24, 2.45) is 7.05 Å². The van der Waals surface area contributed by atoms with Crippen LogP contribution in [0.15, 0.2) is 40.9 Å². The van der Waals surface area contributed by atoms with E-state index in [0.717, 1.165) is 19.1 Å². The Morgan fingerprint density at radius 1 is 1.23 bits per heavy atom. The molecule has 170 valence electrons. The summed E-state index contributed by atoms with van der Waals surface area (Å²) in [5.41, 5.74) is -2.47. The zero-order valence-electron chi connectivity index (χ0n) is 16.9. The number of halogens is 6. The summed E-state index contributed by atoms with van der Waals surface area (Å²) in [6.45, 7) is 5.98. The Hall–Kier alpha value is -2.56. The van der Waals surface area contributed by atoms with Gasteiger partial charge in [-0.25, -0.2) is 13.4 Å². The maximum absolute atomic E-state index is 13.2. The summed E-state index contributed by atoms with van der Waals surface area (Å²) in [5.74, 6) is -0.655. The van der Waals surface area contributed by atoms with E-state index in [1.807, 2.05) is 0 Å². The van der Waals surface area contributed by atoms with Gasteiger partial charge < -0.3 is 4.57 Å². The maximum Gasteiger partial charge on any atom is 0.416 e. The molecule has 0 spiro atoms. The molecule has 1 aromatic rings. The number of hydrogen-bond donors (Lipinski definition) is 0. The molecule has 1 aliphatic carbocycles. The number of imidazole rings is 1. The average Bonchev–Trinajstić information content (AvgIpc) is 2.81. The Labute approximate surface area is 175 Å². The molecule has 0 radical (unpaired) electrons. The standard InChI is InChI=1S/C20H20F6N2O2S/c1-5-13(19(21,22)23)11-17(31(29,30)6-2)12(3)18-27-15-10-14(20(24,25)26)8-7-9-16(15)28(18)4/h5,8-11H,3,6-7H2,1-2,4H3/b13-5+,17-11+. The van der Waals surface area contributed by atoms with Crippen molar-refractivity contribution in [1.29, 1.82) is 0 Å². The number of allylic oxidation sites excluding steroid dienone is 6. The van der Waals surface area contributed by atoms with E-state index in [0.29, 0.717) is 12.2 Å². The van der Waals surface area contributed by atoms with E-state index >= 15 is 0 Å². The lowest BCUT2D eigenvalue weighted by molar-refractivity contribution is -0.0887. The topological polar surface area (TPSA) is 52.0 Å². The summed E-state index contributed by atoms with van der Waals surface area (Å²) in [7, 11) is -2.75. The van der Waals surface area contributed by atoms with E-state index in [2.05, 4.69) is 11.6 Å². The number of hydrogen-bond acceptors (Lipinski definition) is 3. The summed E-state index contributed by atoms with van der Waals surface area (Å²) >= 11 is 0. The summed E-state index contributed by atoms with van der Waals surface area (Å²) in [6.07, 6.45) is -5.06. The first kappa shape index (κ1) is 24.7. The number of aromatic nitrogens is 2. The molecule has 1 heterocycles. The van der Waals surface area contributed by atoms with Crippen LogP contribution in [0.2, 0.25) is 0 Å². The van der Waals surface area contributed by atoms with E-state index < -0.39 is 44.0 Å². The van der Waals surface area contributed by atoms with Crippen molar-refractivity contribution in [1.82, 2.24) is 9.55 Å². The van der Waals surface area contributed by atoms with Gasteiger partial charge in [0, 0.05) is 12.6 Å². The van der Waals surface area contributed by atoms with Gasteiger partial charge in [0.15, 0.2) is 9.84 Å². The van der Waals surface area contributed by atoms with E-state index in [4.69, 9.17) is 0 Å². The Morgan fingerprint density at radius 3 is 2.32 bits per heavy atom. The predicted molar refractivity (Wildman–Crippen MR) is 107 cm³/mol. The van der Waals surface area contributed by atoms with E-state index in [1.165, 1.54) is 24.6 Å². The van der Waals surface area contributed by atoms with Gasteiger partial charge in [-0.15, -0.1) is 0 Å². The molecule has 0 aliphatic heterocycles. The summed E-state index contributed by atoms with van der Waals surface area (Å²) in [6, 6.07) is 0. The molecule has 1 aliphatic rings. The summed E-state index contributed by atoms with van der Waals surface area (Å²) in [5, 5.41) is 0.178. The van der Waals surface area contributed by atoms with Gasteiger partial charge in [0.1, 0.15) is 5.82 Å². The molecule has 0 unspecified atom stereocenters. The quantitative estimate of drug-likeness (QED) is 0.491. The van der Waals surface area contributed by atoms with Gasteiger partial charge in [0.05, 0.1) is 32.5 Å². The molecule has 0 fully saturated rings. The highest BCUT2D eigenvalue weighted by atomic mass is 32.2. The van der Waals surface area contributed by atoms with Crippen molar-refractivity contribution in [3.05, 3.63) is 57.4 Å². The normalized spacial score (nSPS) is 16.1. The zero-order valence-corrected chi connectivity index (χ0v) is 17.7. The van der Waals surface area contributed by atoms with Crippen LogP contribution in [0.4, 0.5) is 26.3 Å². The van der Waals surface area contributed by atoms with Crippen LogP contribution in [0.5, 0.6) is 0 Å². The maximum atomic E-state index is 13.2. The molecular weight excluding hydrogens is 446 g/mol. The molecule has 11 heteroatoms. The van der Waals surface area contributed by atoms with Gasteiger partial charge in [-0.2, -0.15) is 26.3 Å². The Balaban J connectivity index is 2.75. The molecule has 4 nitrogen and oxygen atoms in total. The highest BCUT2D eigenvalue weighted by Gasteiger charge is 2.35. The summed E-state index contributed by atoms with van der Waals surface area (Å²) in [4.78, 5) is 3.37. The lowest BCUT2D eigenvalue weighted by Gasteiger charge is -2.14. The predicted octanol–water partition coefficient (Wildman–Crippen LogP) is 3.71. The largest absolute Gasteiger partial charge is 0.416 e. The minimum atomic E-state index is -4.81. The van der Waals surface area contributed by atoms with Gasteiger partial charge in [-0.3, -0.25) is 0 Å². The fourth-order valence-electron chi connectivity index (χ4n) is 2.95. The van der Waals surface area contributed by atoms with Gasteiger partial charge in [0.25, 0.3) is 0 Å². The second-order valence-electron chi connectivity index (χ2n) is 6.64. The second kappa shape index (κ2) is 8.52. The SMILES string of the molecule is C=C(/C(=C\C(=C/C)C(F)(F)F)S(=O)(=O)CC)c1nc2c(n1C)=CCC=C(C(F)(F)F)C=2. The Morgan fingerprint density at radius 2 is 1.84 bits per heavy atom. The van der Waals surface area contributed by atoms with Gasteiger partial charge in [0.2, 0.25) is 0 Å². The molecule has 1 aromatic heterocycles. The van der Waals surface area contributed by atoms with E-state index in [-0.39, 0.29) is 28.5 Å². The van der Waals surface area contributed by atoms with E-state index in [9.17, 15) is 34.8 Å². The van der Waals surface area contributed by atoms with Crippen LogP contribution in [0.3, 0.4) is 0 Å². The molecule has 0 N–H and O–H groups in total. The van der Waals surface area contributed by atoms with Crippen molar-refractivity contribution in [3.8, 4) is 0 Å². The van der Waals surface area contributed by atoms with Crippen LogP contribution < -0.4 is 10.7 Å². The minimum absolute atomic E-state index is 0.0590. The van der Waals surface area contributed by atoms with Crippen molar-refractivity contribution in [2.45, 2.75) is 32.6 Å². The minimum Gasteiger partial charge on any atom is -0.327 e. The number of rotatable bonds is 5. The van der Waals surface area contributed by atoms with Crippen LogP contribution in [0.1, 0.15) is 26.1 Å². The van der Waals surface area contributed by atoms with Crippen LogP contribution in [-0.4, -0.2) is 36.1 Å². The van der Waals surface area contributed by atoms with Crippen LogP contribution >= 0.6 is 0 Å². The summed E-state index contributed by atoms with van der Waals surface area (Å²) < 4.78 is 105. The molecular formula is C20H20F6N2O2S. The third-order valence-corrected chi connectivity index (χ3v) is 6.44. The van der Waals surface area contributed by atoms with Crippen molar-refractivity contribution < 1.29 is 34.8 Å². The Kier molecular flexibility index (Phi) is 6.79. The number of alkyl halides is 6. The van der Waals surface area contributed by atoms with Crippen LogP contribution in [0.25, 0.3) is 17.7 Å². The molecule has 0 aromatic carbocycles. The van der Waals surface area contributed by atoms with Crippen molar-refractivity contribution >= 4 is 27.6 Å². The van der Waals surface area contributed by atoms with Gasteiger partial charge in [-0.1, -0.05) is 31.7 Å². The number of sulfone groups is 1. The first-order chi connectivity index (χ1) is 14.1. The third-order valence-electron chi connectivity index (χ3n) is 4.64. The number of fused-ring (bicyclic) bond motifs is 1. The fraction of sp³-hybridized carbons (Fsp3) is 0.350. The monoisotopic (exact) mass is 466 g/mol. The van der Waals surface area contributed by atoms with Gasteiger partial charge in [-0.05, 0) is 25.5 Å². The molecule has 31 heavy (non-hydrogen) atoms. The van der Waals surface area contributed by atoms with Crippen LogP contribution in [-0.2, 0) is 16.9 Å². The van der Waals surface area contributed by atoms with E-state index in [1.54, 1.807) is 0 Å². The lowest BCUT2D eigenvalue weighted by atomic mass is 10.1. The fourth-order valence-corrected chi connectivity index (χ4v) is 4.04. The average molecular weight is 466 g/mol. The van der Waals surface area contributed by atoms with Gasteiger partial charge >= 0.3 is 12.4 Å². The second-order valence-corrected chi connectivity index (χ2v) is 8.89. The molecule has 2 rings (SSSR count). The highest BCUT2D eigenvalue weighted by Crippen LogP contribution is 2.32. The highest BCUT2D eigenvalue weighted by molar-refractivity contribution is 7.95. The molecule has 0 saturated carbocycles. The van der Waals surface area contributed by atoms with Crippen LogP contribution in [0, 0.1) is 0 Å². The first-order valence-electron chi connectivity index (χ1n) is 9.03. The zero-order chi connectivity index (χ0) is 23.8. The molecule has 0 atom stereocenters. The third kappa shape index (κ3) is 5.20. The Bertz CT molecular complexity index is 1210. The number of nitrogens with zero attached hydrogens (tertiary/aromatic N) is 2. The van der Waals surface area contributed by atoms with Crippen molar-refractivity contribution in [2.75, 3.05) is 5.75 Å². The molecule has 0 saturated heterocycles. The molecule has 0 bridgehead atoms. The molecule has 0 amide bonds. The van der Waals surface area contributed by atoms with Crippen molar-refractivity contribution in [3.63, 3.8) is 0 Å². The first-order valence-corrected chi connectivity index (χ1v) is 10.7.